The molecule has 6 heteroatoms. The summed E-state index contributed by atoms with van der Waals surface area (Å²) in [5, 5.41) is 11.7. The van der Waals surface area contributed by atoms with Crippen molar-refractivity contribution < 1.29 is 18.7 Å². The fourth-order valence-corrected chi connectivity index (χ4v) is 2.00. The Morgan fingerprint density at radius 2 is 2.22 bits per heavy atom. The maximum atomic E-state index is 13.5. The Morgan fingerprint density at radius 1 is 1.44 bits per heavy atom. The molecule has 0 atom stereocenters. The van der Waals surface area contributed by atoms with Crippen LogP contribution in [0.3, 0.4) is 0 Å². The number of halogens is 2. The lowest BCUT2D eigenvalue weighted by atomic mass is 10.2. The molecule has 0 amide bonds. The first-order chi connectivity index (χ1) is 8.59. The molecular weight excluding hydrogens is 305 g/mol. The number of carboxylic acid groups (broad SMARTS) is 1. The highest BCUT2D eigenvalue weighted by molar-refractivity contribution is 9.10. The van der Waals surface area contributed by atoms with Gasteiger partial charge >= 0.3 is 5.97 Å². The molecule has 1 aromatic heterocycles. The van der Waals surface area contributed by atoms with E-state index in [0.717, 1.165) is 0 Å². The minimum atomic E-state index is -1.15. The third-order valence-electron chi connectivity index (χ3n) is 2.36. The van der Waals surface area contributed by atoms with Crippen molar-refractivity contribution in [1.29, 1.82) is 0 Å². The minimum Gasteiger partial charge on any atom is -0.475 e. The zero-order chi connectivity index (χ0) is 13.1. The predicted octanol–water partition coefficient (Wildman–Crippen LogP) is 3.49. The van der Waals surface area contributed by atoms with Crippen LogP contribution in [0.1, 0.15) is 16.1 Å². The largest absolute Gasteiger partial charge is 0.475 e. The van der Waals surface area contributed by atoms with Crippen molar-refractivity contribution in [2.45, 2.75) is 6.54 Å². The second-order valence-electron chi connectivity index (χ2n) is 3.53. The molecule has 0 saturated carbocycles. The van der Waals surface area contributed by atoms with Crippen LogP contribution in [-0.4, -0.2) is 11.1 Å². The summed E-state index contributed by atoms with van der Waals surface area (Å²) in [4.78, 5) is 10.8. The smallest absolute Gasteiger partial charge is 0.372 e. The second-order valence-corrected chi connectivity index (χ2v) is 4.38. The summed E-state index contributed by atoms with van der Waals surface area (Å²) in [6, 6.07) is 6.12. The molecule has 1 aromatic carbocycles. The molecule has 4 nitrogen and oxygen atoms in total. The van der Waals surface area contributed by atoms with Crippen molar-refractivity contribution in [1.82, 2.24) is 0 Å². The van der Waals surface area contributed by atoms with Gasteiger partial charge in [0.1, 0.15) is 5.82 Å². The number of benzene rings is 1. The first-order valence-electron chi connectivity index (χ1n) is 5.07. The summed E-state index contributed by atoms with van der Waals surface area (Å²) < 4.78 is 18.9. The molecule has 0 saturated heterocycles. The zero-order valence-corrected chi connectivity index (χ0v) is 10.7. The topological polar surface area (TPSA) is 62.5 Å². The van der Waals surface area contributed by atoms with Crippen molar-refractivity contribution >= 4 is 27.6 Å². The molecule has 1 heterocycles. The molecule has 0 fully saturated rings. The van der Waals surface area contributed by atoms with Gasteiger partial charge in [-0.25, -0.2) is 9.18 Å². The highest BCUT2D eigenvalue weighted by Gasteiger charge is 2.14. The quantitative estimate of drug-likeness (QED) is 0.907. The van der Waals surface area contributed by atoms with Gasteiger partial charge in [-0.2, -0.15) is 0 Å². The Balaban J connectivity index is 2.17. The first-order valence-corrected chi connectivity index (χ1v) is 5.86. The molecule has 0 aliphatic carbocycles. The summed E-state index contributed by atoms with van der Waals surface area (Å²) >= 11 is 3.22. The normalized spacial score (nSPS) is 10.3. The van der Waals surface area contributed by atoms with Crippen molar-refractivity contribution in [3.8, 4) is 0 Å². The van der Waals surface area contributed by atoms with E-state index in [1.54, 1.807) is 12.1 Å². The number of anilines is 1. The number of carbonyl (C=O) groups is 1. The van der Waals surface area contributed by atoms with E-state index in [1.807, 2.05) is 0 Å². The maximum absolute atomic E-state index is 13.5. The van der Waals surface area contributed by atoms with Gasteiger partial charge in [-0.3, -0.25) is 0 Å². The molecule has 2 N–H and O–H groups in total. The minimum absolute atomic E-state index is 0.144. The second kappa shape index (κ2) is 5.22. The first kappa shape index (κ1) is 12.6. The third kappa shape index (κ3) is 2.53. The van der Waals surface area contributed by atoms with E-state index in [-0.39, 0.29) is 18.0 Å². The van der Waals surface area contributed by atoms with E-state index < -0.39 is 11.8 Å². The highest BCUT2D eigenvalue weighted by Crippen LogP contribution is 2.26. The fourth-order valence-electron chi connectivity index (χ4n) is 1.51. The number of hydrogen-bond donors (Lipinski definition) is 2. The molecule has 0 spiro atoms. The molecule has 2 aromatic rings. The van der Waals surface area contributed by atoms with E-state index >= 15 is 0 Å². The summed E-state index contributed by atoms with van der Waals surface area (Å²) in [6.07, 6.45) is 1.29. The number of nitrogens with one attached hydrogen (secondary N) is 1. The van der Waals surface area contributed by atoms with E-state index in [9.17, 15) is 9.18 Å². The molecule has 0 aliphatic rings. The van der Waals surface area contributed by atoms with E-state index in [0.29, 0.717) is 10.0 Å². The molecule has 94 valence electrons. The van der Waals surface area contributed by atoms with Gasteiger partial charge in [0.2, 0.25) is 5.76 Å². The lowest BCUT2D eigenvalue weighted by Crippen LogP contribution is -2.06. The predicted molar refractivity (Wildman–Crippen MR) is 67.1 cm³/mol. The summed E-state index contributed by atoms with van der Waals surface area (Å²) in [5.74, 6) is -1.70. The summed E-state index contributed by atoms with van der Waals surface area (Å²) in [5.41, 5.74) is 0.743. The lowest BCUT2D eigenvalue weighted by molar-refractivity contribution is 0.0661. The average Bonchev–Trinajstić information content (AvgIpc) is 2.76. The van der Waals surface area contributed by atoms with Gasteiger partial charge in [0.05, 0.1) is 12.0 Å². The highest BCUT2D eigenvalue weighted by atomic mass is 79.9. The zero-order valence-electron chi connectivity index (χ0n) is 9.11. The van der Waals surface area contributed by atoms with Crippen LogP contribution in [0.25, 0.3) is 0 Å². The Labute approximate surface area is 111 Å². The summed E-state index contributed by atoms with van der Waals surface area (Å²) in [6.45, 7) is 0.164. The molecule has 0 aliphatic heterocycles. The monoisotopic (exact) mass is 313 g/mol. The maximum Gasteiger partial charge on any atom is 0.372 e. The standard InChI is InChI=1S/C12H9BrFNO3/c13-8-2-1-3-9(14)10(8)15-6-7-4-5-18-11(7)12(16)17/h1-5,15H,6H2,(H,16,17). The van der Waals surface area contributed by atoms with Gasteiger partial charge in [-0.05, 0) is 34.1 Å². The SMILES string of the molecule is O=C(O)c1occc1CNc1c(F)cccc1Br. The van der Waals surface area contributed by atoms with Crippen molar-refractivity contribution in [3.05, 3.63) is 52.1 Å². The Kier molecular flexibility index (Phi) is 3.66. The van der Waals surface area contributed by atoms with Gasteiger partial charge in [0.25, 0.3) is 0 Å². The number of hydrogen-bond acceptors (Lipinski definition) is 3. The Hall–Kier alpha value is -1.82. The average molecular weight is 314 g/mol. The molecule has 0 unspecified atom stereocenters. The third-order valence-corrected chi connectivity index (χ3v) is 3.02. The van der Waals surface area contributed by atoms with Crippen LogP contribution in [0.5, 0.6) is 0 Å². The van der Waals surface area contributed by atoms with Crippen LogP contribution >= 0.6 is 15.9 Å². The number of aromatic carboxylic acids is 1. The van der Waals surface area contributed by atoms with Crippen LogP contribution in [0.4, 0.5) is 10.1 Å². The van der Waals surface area contributed by atoms with E-state index in [2.05, 4.69) is 21.2 Å². The van der Waals surface area contributed by atoms with Crippen molar-refractivity contribution in [3.63, 3.8) is 0 Å². The number of para-hydroxylation sites is 1. The molecule has 18 heavy (non-hydrogen) atoms. The number of rotatable bonds is 4. The van der Waals surface area contributed by atoms with Crippen LogP contribution in [0, 0.1) is 5.82 Å². The number of furan rings is 1. The van der Waals surface area contributed by atoms with E-state index in [4.69, 9.17) is 9.52 Å². The van der Waals surface area contributed by atoms with Crippen molar-refractivity contribution in [2.24, 2.45) is 0 Å². The Morgan fingerprint density at radius 3 is 2.89 bits per heavy atom. The fraction of sp³-hybridized carbons (Fsp3) is 0.0833. The molecule has 2 rings (SSSR count). The molecular formula is C12H9BrFNO3. The Bertz CT molecular complexity index is 562. The van der Waals surface area contributed by atoms with Gasteiger partial charge in [0.15, 0.2) is 0 Å². The molecule has 0 radical (unpaired) electrons. The van der Waals surface area contributed by atoms with Crippen molar-refractivity contribution in [2.75, 3.05) is 5.32 Å². The van der Waals surface area contributed by atoms with Crippen LogP contribution < -0.4 is 5.32 Å². The molecule has 0 bridgehead atoms. The van der Waals surface area contributed by atoms with E-state index in [1.165, 1.54) is 18.4 Å². The van der Waals surface area contributed by atoms with Gasteiger partial charge < -0.3 is 14.8 Å². The van der Waals surface area contributed by atoms with Gasteiger partial charge in [-0.15, -0.1) is 0 Å². The van der Waals surface area contributed by atoms with Crippen LogP contribution in [-0.2, 0) is 6.54 Å². The van der Waals surface area contributed by atoms with Gasteiger partial charge in [-0.1, -0.05) is 6.07 Å². The van der Waals surface area contributed by atoms with Gasteiger partial charge in [0, 0.05) is 16.6 Å². The van der Waals surface area contributed by atoms with Crippen LogP contribution in [0.2, 0.25) is 0 Å². The van der Waals surface area contributed by atoms with Crippen LogP contribution in [0.15, 0.2) is 39.4 Å². The lowest BCUT2D eigenvalue weighted by Gasteiger charge is -2.08. The summed E-state index contributed by atoms with van der Waals surface area (Å²) in [7, 11) is 0. The number of carboxylic acids is 1.